The zero-order valence-corrected chi connectivity index (χ0v) is 20.3. The Bertz CT molecular complexity index is 1430. The highest BCUT2D eigenvalue weighted by molar-refractivity contribution is 6.13. The average molecular weight is 523 g/mol. The van der Waals surface area contributed by atoms with Crippen LogP contribution in [0.1, 0.15) is 21.9 Å². The highest BCUT2D eigenvalue weighted by Gasteiger charge is 2.34. The van der Waals surface area contributed by atoms with Crippen LogP contribution in [0.25, 0.3) is 6.08 Å². The maximum atomic E-state index is 13.7. The topological polar surface area (TPSA) is 136 Å². The average Bonchev–Trinajstić information content (AvgIpc) is 3.49. The zero-order chi connectivity index (χ0) is 27.2. The Morgan fingerprint density at radius 1 is 1.08 bits per heavy atom. The summed E-state index contributed by atoms with van der Waals surface area (Å²) >= 11 is 0. The number of benzene rings is 2. The number of urea groups is 1. The summed E-state index contributed by atoms with van der Waals surface area (Å²) in [4.78, 5) is 49.8. The minimum Gasteiger partial charge on any atom is -0.493 e. The first-order chi connectivity index (χ1) is 18.3. The molecule has 1 aliphatic rings. The van der Waals surface area contributed by atoms with Gasteiger partial charge >= 0.3 is 12.0 Å². The number of esters is 1. The third kappa shape index (κ3) is 5.81. The highest BCUT2D eigenvalue weighted by Crippen LogP contribution is 2.29. The number of ether oxygens (including phenoxy) is 3. The van der Waals surface area contributed by atoms with Gasteiger partial charge in [0.25, 0.3) is 11.8 Å². The Kier molecular flexibility index (Phi) is 7.71. The normalized spacial score (nSPS) is 13.9. The van der Waals surface area contributed by atoms with Crippen LogP contribution in [0.5, 0.6) is 11.5 Å². The number of nitrogens with zero attached hydrogens (tertiary/aromatic N) is 1. The first-order valence-corrected chi connectivity index (χ1v) is 11.2. The van der Waals surface area contributed by atoms with Crippen LogP contribution in [0.4, 0.5) is 14.9 Å². The standard InChI is InChI=1S/C26H22FN3O8/c1-35-22-12-15(7-9-20(22)37-14-23(31)28-18-6-4-3-5-17(18)27)11-19-24(32)30(26(34)29-19)13-16-8-10-21(38-16)25(33)36-2/h3-12H,13-14H2,1-2H3,(H,28,31)(H,29,34)/b19-11-. The van der Waals surface area contributed by atoms with Crippen LogP contribution >= 0.6 is 0 Å². The Hall–Kier alpha value is -5.13. The van der Waals surface area contributed by atoms with Crippen LogP contribution < -0.4 is 20.1 Å². The van der Waals surface area contributed by atoms with Gasteiger partial charge in [0.1, 0.15) is 17.3 Å². The van der Waals surface area contributed by atoms with E-state index in [1.54, 1.807) is 18.2 Å². The molecule has 1 aromatic heterocycles. The van der Waals surface area contributed by atoms with E-state index in [0.717, 1.165) is 4.90 Å². The van der Waals surface area contributed by atoms with Gasteiger partial charge < -0.3 is 29.3 Å². The predicted molar refractivity (Wildman–Crippen MR) is 131 cm³/mol. The largest absolute Gasteiger partial charge is 0.493 e. The minimum atomic E-state index is -0.680. The molecule has 4 amide bonds. The number of imide groups is 1. The molecule has 0 saturated carbocycles. The summed E-state index contributed by atoms with van der Waals surface area (Å²) in [7, 11) is 2.60. The van der Waals surface area contributed by atoms with Gasteiger partial charge in [0.2, 0.25) is 5.76 Å². The van der Waals surface area contributed by atoms with E-state index in [1.807, 2.05) is 0 Å². The third-order valence-electron chi connectivity index (χ3n) is 5.33. The number of carbonyl (C=O) groups is 4. The number of carbonyl (C=O) groups excluding carboxylic acids is 4. The SMILES string of the molecule is COC(=O)c1ccc(CN2C(=O)N/C(=C\c3ccc(OCC(=O)Nc4ccccc4F)c(OC)c3)C2=O)o1. The molecule has 0 radical (unpaired) electrons. The summed E-state index contributed by atoms with van der Waals surface area (Å²) in [5.41, 5.74) is 0.541. The molecule has 2 N–H and O–H groups in total. The fraction of sp³-hybridized carbons (Fsp3) is 0.154. The van der Waals surface area contributed by atoms with Gasteiger partial charge in [-0.25, -0.2) is 14.0 Å². The van der Waals surface area contributed by atoms with Crippen molar-refractivity contribution in [3.8, 4) is 11.5 Å². The summed E-state index contributed by atoms with van der Waals surface area (Å²) in [5, 5.41) is 4.91. The van der Waals surface area contributed by atoms with Gasteiger partial charge in [0.15, 0.2) is 18.1 Å². The molecule has 0 unspecified atom stereocenters. The molecule has 0 spiro atoms. The molecule has 4 rings (SSSR count). The molecule has 3 aromatic rings. The molecule has 1 aliphatic heterocycles. The monoisotopic (exact) mass is 523 g/mol. The van der Waals surface area contributed by atoms with E-state index < -0.39 is 36.2 Å². The summed E-state index contributed by atoms with van der Waals surface area (Å²) in [6.45, 7) is -0.594. The summed E-state index contributed by atoms with van der Waals surface area (Å²) in [5.74, 6) is -1.76. The van der Waals surface area contributed by atoms with E-state index >= 15 is 0 Å². The summed E-state index contributed by atoms with van der Waals surface area (Å²) < 4.78 is 34.4. The molecular weight excluding hydrogens is 501 g/mol. The van der Waals surface area contributed by atoms with Gasteiger partial charge in [-0.15, -0.1) is 0 Å². The number of halogens is 1. The maximum absolute atomic E-state index is 13.7. The van der Waals surface area contributed by atoms with Gasteiger partial charge in [-0.05, 0) is 48.0 Å². The van der Waals surface area contributed by atoms with E-state index in [0.29, 0.717) is 5.56 Å². The van der Waals surface area contributed by atoms with Gasteiger partial charge in [0.05, 0.1) is 26.5 Å². The van der Waals surface area contributed by atoms with Crippen LogP contribution in [-0.2, 0) is 20.9 Å². The van der Waals surface area contributed by atoms with Crippen molar-refractivity contribution in [1.82, 2.24) is 10.2 Å². The zero-order valence-electron chi connectivity index (χ0n) is 20.3. The number of hydrogen-bond donors (Lipinski definition) is 2. The smallest absolute Gasteiger partial charge is 0.373 e. The van der Waals surface area contributed by atoms with Crippen molar-refractivity contribution in [2.24, 2.45) is 0 Å². The fourth-order valence-electron chi connectivity index (χ4n) is 3.50. The van der Waals surface area contributed by atoms with Crippen LogP contribution in [-0.4, -0.2) is 49.5 Å². The lowest BCUT2D eigenvalue weighted by Crippen LogP contribution is -2.30. The number of rotatable bonds is 9. The van der Waals surface area contributed by atoms with Crippen molar-refractivity contribution in [1.29, 1.82) is 0 Å². The predicted octanol–water partition coefficient (Wildman–Crippen LogP) is 3.32. The van der Waals surface area contributed by atoms with Crippen molar-refractivity contribution >= 4 is 35.6 Å². The molecule has 11 nitrogen and oxygen atoms in total. The third-order valence-corrected chi connectivity index (χ3v) is 5.33. The van der Waals surface area contributed by atoms with E-state index in [-0.39, 0.29) is 40.9 Å². The van der Waals surface area contributed by atoms with E-state index in [9.17, 15) is 23.6 Å². The minimum absolute atomic E-state index is 0.00901. The number of amides is 4. The number of anilines is 1. The van der Waals surface area contributed by atoms with Gasteiger partial charge in [-0.3, -0.25) is 14.5 Å². The van der Waals surface area contributed by atoms with Crippen molar-refractivity contribution in [3.63, 3.8) is 0 Å². The number of furan rings is 1. The second-order valence-electron chi connectivity index (χ2n) is 7.86. The second kappa shape index (κ2) is 11.3. The molecule has 2 heterocycles. The molecule has 196 valence electrons. The van der Waals surface area contributed by atoms with Gasteiger partial charge in [-0.2, -0.15) is 0 Å². The summed E-state index contributed by atoms with van der Waals surface area (Å²) in [6.07, 6.45) is 1.44. The van der Waals surface area contributed by atoms with Crippen LogP contribution in [0.2, 0.25) is 0 Å². The Morgan fingerprint density at radius 2 is 1.87 bits per heavy atom. The fourth-order valence-corrected chi connectivity index (χ4v) is 3.50. The Balaban J connectivity index is 1.41. The quantitative estimate of drug-likeness (QED) is 0.248. The lowest BCUT2D eigenvalue weighted by Gasteiger charge is -2.12. The first kappa shape index (κ1) is 25.9. The molecule has 0 bridgehead atoms. The molecule has 2 aromatic carbocycles. The van der Waals surface area contributed by atoms with Crippen LogP contribution in [0.3, 0.4) is 0 Å². The Morgan fingerprint density at radius 3 is 2.61 bits per heavy atom. The van der Waals surface area contributed by atoms with Crippen LogP contribution in [0.15, 0.2) is 64.7 Å². The summed E-state index contributed by atoms with van der Waals surface area (Å²) in [6, 6.07) is 12.6. The lowest BCUT2D eigenvalue weighted by molar-refractivity contribution is -0.123. The first-order valence-electron chi connectivity index (χ1n) is 11.2. The van der Waals surface area contributed by atoms with Crippen molar-refractivity contribution in [2.45, 2.75) is 6.54 Å². The van der Waals surface area contributed by atoms with Crippen molar-refractivity contribution in [2.75, 3.05) is 26.1 Å². The van der Waals surface area contributed by atoms with Crippen molar-refractivity contribution < 1.29 is 42.2 Å². The number of hydrogen-bond acceptors (Lipinski definition) is 8. The molecule has 38 heavy (non-hydrogen) atoms. The number of nitrogens with one attached hydrogen (secondary N) is 2. The lowest BCUT2D eigenvalue weighted by atomic mass is 10.1. The number of para-hydroxylation sites is 1. The second-order valence-corrected chi connectivity index (χ2v) is 7.86. The molecular formula is C26H22FN3O8. The van der Waals surface area contributed by atoms with Crippen LogP contribution in [0, 0.1) is 5.82 Å². The van der Waals surface area contributed by atoms with Crippen molar-refractivity contribution in [3.05, 3.63) is 83.2 Å². The van der Waals surface area contributed by atoms with Gasteiger partial charge in [0, 0.05) is 0 Å². The van der Waals surface area contributed by atoms with E-state index in [2.05, 4.69) is 15.4 Å². The highest BCUT2D eigenvalue weighted by atomic mass is 19.1. The molecule has 1 fully saturated rings. The van der Waals surface area contributed by atoms with Gasteiger partial charge in [-0.1, -0.05) is 18.2 Å². The molecule has 0 atom stereocenters. The molecule has 1 saturated heterocycles. The molecule has 12 heteroatoms. The molecule has 0 aliphatic carbocycles. The number of methoxy groups -OCH3 is 2. The van der Waals surface area contributed by atoms with E-state index in [1.165, 1.54) is 56.7 Å². The Labute approximate surface area is 215 Å². The van der Waals surface area contributed by atoms with E-state index in [4.69, 9.17) is 13.9 Å². The maximum Gasteiger partial charge on any atom is 0.373 e.